The fourth-order valence-electron chi connectivity index (χ4n) is 3.30. The molecule has 1 aliphatic heterocycles. The number of benzene rings is 1. The zero-order valence-electron chi connectivity index (χ0n) is 13.3. The molecule has 5 heteroatoms. The number of sulfonamides is 1. The zero-order chi connectivity index (χ0) is 15.8. The minimum Gasteiger partial charge on any atom is -0.393 e. The van der Waals surface area contributed by atoms with Crippen LogP contribution < -0.4 is 0 Å². The lowest BCUT2D eigenvalue weighted by Gasteiger charge is -2.33. The first-order valence-corrected chi connectivity index (χ1v) is 8.93. The summed E-state index contributed by atoms with van der Waals surface area (Å²) >= 11 is 0. The number of hydrogen-bond donors (Lipinski definition) is 1. The third-order valence-electron chi connectivity index (χ3n) is 4.38. The fourth-order valence-corrected chi connectivity index (χ4v) is 5.18. The monoisotopic (exact) mass is 311 g/mol. The van der Waals surface area contributed by atoms with Crippen molar-refractivity contribution in [2.24, 2.45) is 5.92 Å². The van der Waals surface area contributed by atoms with Crippen molar-refractivity contribution >= 4 is 10.0 Å². The molecule has 1 aliphatic rings. The summed E-state index contributed by atoms with van der Waals surface area (Å²) < 4.78 is 27.3. The quantitative estimate of drug-likeness (QED) is 0.932. The Morgan fingerprint density at radius 3 is 2.05 bits per heavy atom. The molecule has 1 saturated heterocycles. The van der Waals surface area contributed by atoms with Gasteiger partial charge in [0.1, 0.15) is 0 Å². The number of aryl methyl sites for hydroxylation is 3. The lowest BCUT2D eigenvalue weighted by molar-refractivity contribution is 0.0912. The van der Waals surface area contributed by atoms with Crippen molar-refractivity contribution in [1.29, 1.82) is 0 Å². The van der Waals surface area contributed by atoms with Gasteiger partial charge in [-0.3, -0.25) is 0 Å². The van der Waals surface area contributed by atoms with Gasteiger partial charge in [0.15, 0.2) is 0 Å². The Bertz CT molecular complexity index is 591. The van der Waals surface area contributed by atoms with Crippen LogP contribution in [0.4, 0.5) is 0 Å². The molecule has 0 spiro atoms. The van der Waals surface area contributed by atoms with Crippen molar-refractivity contribution in [3.63, 3.8) is 0 Å². The summed E-state index contributed by atoms with van der Waals surface area (Å²) in [5.41, 5.74) is 2.70. The highest BCUT2D eigenvalue weighted by molar-refractivity contribution is 7.89. The number of piperidine rings is 1. The molecule has 21 heavy (non-hydrogen) atoms. The van der Waals surface area contributed by atoms with E-state index in [9.17, 15) is 13.5 Å². The van der Waals surface area contributed by atoms with E-state index >= 15 is 0 Å². The van der Waals surface area contributed by atoms with Gasteiger partial charge in [-0.05, 0) is 57.6 Å². The summed E-state index contributed by atoms with van der Waals surface area (Å²) in [5, 5.41) is 9.63. The van der Waals surface area contributed by atoms with E-state index in [1.54, 1.807) is 11.2 Å². The fraction of sp³-hybridized carbons (Fsp3) is 0.625. The van der Waals surface area contributed by atoms with Gasteiger partial charge >= 0.3 is 0 Å². The second-order valence-corrected chi connectivity index (χ2v) is 8.08. The minimum atomic E-state index is -3.44. The van der Waals surface area contributed by atoms with Crippen LogP contribution in [0.25, 0.3) is 0 Å². The van der Waals surface area contributed by atoms with Crippen LogP contribution in [0, 0.1) is 26.7 Å². The number of nitrogens with zero attached hydrogens (tertiary/aromatic N) is 1. The molecule has 1 fully saturated rings. The largest absolute Gasteiger partial charge is 0.393 e. The summed E-state index contributed by atoms with van der Waals surface area (Å²) in [7, 11) is -3.44. The van der Waals surface area contributed by atoms with E-state index in [4.69, 9.17) is 0 Å². The molecule has 1 atom stereocenters. The molecule has 0 radical (unpaired) electrons. The summed E-state index contributed by atoms with van der Waals surface area (Å²) in [4.78, 5) is 0.448. The molecule has 118 valence electrons. The summed E-state index contributed by atoms with van der Waals surface area (Å²) in [6, 6.07) is 3.84. The van der Waals surface area contributed by atoms with Crippen LogP contribution in [0.5, 0.6) is 0 Å². The molecular formula is C16H25NO3S. The highest BCUT2D eigenvalue weighted by atomic mass is 32.2. The molecule has 0 saturated carbocycles. The molecule has 1 heterocycles. The van der Waals surface area contributed by atoms with E-state index < -0.39 is 10.0 Å². The summed E-state index contributed by atoms with van der Waals surface area (Å²) in [6.07, 6.45) is 1.08. The van der Waals surface area contributed by atoms with Crippen LogP contribution in [-0.2, 0) is 10.0 Å². The molecule has 0 bridgehead atoms. The van der Waals surface area contributed by atoms with Crippen molar-refractivity contribution in [1.82, 2.24) is 4.31 Å². The van der Waals surface area contributed by atoms with Crippen molar-refractivity contribution in [3.8, 4) is 0 Å². The molecule has 4 nitrogen and oxygen atoms in total. The Hall–Kier alpha value is -0.910. The summed E-state index contributed by atoms with van der Waals surface area (Å²) in [5.74, 6) is 0.205. The van der Waals surface area contributed by atoms with Crippen LogP contribution in [0.15, 0.2) is 17.0 Å². The van der Waals surface area contributed by atoms with Crippen molar-refractivity contribution in [3.05, 3.63) is 28.8 Å². The molecule has 1 N–H and O–H groups in total. The number of rotatable bonds is 3. The van der Waals surface area contributed by atoms with Gasteiger partial charge in [-0.1, -0.05) is 17.7 Å². The Kier molecular flexibility index (Phi) is 4.76. The van der Waals surface area contributed by atoms with Crippen molar-refractivity contribution < 1.29 is 13.5 Å². The maximum atomic E-state index is 12.9. The SMILES string of the molecule is Cc1cc(C)c(S(=O)(=O)N2CCC(C(C)O)CC2)c(C)c1. The van der Waals surface area contributed by atoms with Gasteiger partial charge in [0, 0.05) is 13.1 Å². The van der Waals surface area contributed by atoms with Gasteiger partial charge in [0.05, 0.1) is 11.0 Å². The topological polar surface area (TPSA) is 57.6 Å². The van der Waals surface area contributed by atoms with Crippen LogP contribution in [0.1, 0.15) is 36.5 Å². The number of aliphatic hydroxyl groups excluding tert-OH is 1. The highest BCUT2D eigenvalue weighted by Crippen LogP contribution is 2.29. The van der Waals surface area contributed by atoms with E-state index in [1.807, 2.05) is 32.9 Å². The lowest BCUT2D eigenvalue weighted by Crippen LogP contribution is -2.41. The normalized spacial score (nSPS) is 19.7. The first-order valence-electron chi connectivity index (χ1n) is 7.49. The van der Waals surface area contributed by atoms with Gasteiger partial charge in [0.2, 0.25) is 10.0 Å². The molecule has 0 aromatic heterocycles. The molecular weight excluding hydrogens is 286 g/mol. The third kappa shape index (κ3) is 3.30. The number of aliphatic hydroxyl groups is 1. The van der Waals surface area contributed by atoms with E-state index in [0.29, 0.717) is 18.0 Å². The molecule has 1 aromatic rings. The standard InChI is InChI=1S/C16H25NO3S/c1-11-9-12(2)16(13(3)10-11)21(19,20)17-7-5-15(6-8-17)14(4)18/h9-10,14-15,18H,5-8H2,1-4H3. The second kappa shape index (κ2) is 6.07. The van der Waals surface area contributed by atoms with Crippen LogP contribution in [-0.4, -0.2) is 37.0 Å². The zero-order valence-corrected chi connectivity index (χ0v) is 14.1. The van der Waals surface area contributed by atoms with E-state index in [0.717, 1.165) is 29.5 Å². The average molecular weight is 311 g/mol. The Morgan fingerprint density at radius 1 is 1.14 bits per heavy atom. The Labute approximate surface area is 127 Å². The van der Waals surface area contributed by atoms with Crippen molar-refractivity contribution in [2.75, 3.05) is 13.1 Å². The summed E-state index contributed by atoms with van der Waals surface area (Å²) in [6.45, 7) is 8.45. The van der Waals surface area contributed by atoms with E-state index in [-0.39, 0.29) is 12.0 Å². The second-order valence-electron chi connectivity index (χ2n) is 6.21. The molecule has 0 amide bonds. The molecule has 1 aromatic carbocycles. The predicted octanol–water partition coefficient (Wildman–Crippen LogP) is 2.39. The van der Waals surface area contributed by atoms with Gasteiger partial charge in [-0.2, -0.15) is 4.31 Å². The van der Waals surface area contributed by atoms with Crippen molar-refractivity contribution in [2.45, 2.75) is 51.5 Å². The highest BCUT2D eigenvalue weighted by Gasteiger charge is 2.32. The van der Waals surface area contributed by atoms with E-state index in [1.165, 1.54) is 0 Å². The molecule has 0 aliphatic carbocycles. The predicted molar refractivity (Wildman–Crippen MR) is 83.8 cm³/mol. The first-order chi connectivity index (χ1) is 9.73. The van der Waals surface area contributed by atoms with Gasteiger partial charge < -0.3 is 5.11 Å². The lowest BCUT2D eigenvalue weighted by atomic mass is 9.93. The smallest absolute Gasteiger partial charge is 0.243 e. The number of hydrogen-bond acceptors (Lipinski definition) is 3. The molecule has 1 unspecified atom stereocenters. The molecule has 2 rings (SSSR count). The van der Waals surface area contributed by atoms with E-state index in [2.05, 4.69) is 0 Å². The maximum Gasteiger partial charge on any atom is 0.243 e. The minimum absolute atomic E-state index is 0.205. The Balaban J connectivity index is 2.28. The van der Waals surface area contributed by atoms with Gasteiger partial charge in [0.25, 0.3) is 0 Å². The van der Waals surface area contributed by atoms with Gasteiger partial charge in [-0.15, -0.1) is 0 Å². The maximum absolute atomic E-state index is 12.9. The van der Waals surface area contributed by atoms with Gasteiger partial charge in [-0.25, -0.2) is 8.42 Å². The van der Waals surface area contributed by atoms with Crippen LogP contribution in [0.2, 0.25) is 0 Å². The van der Waals surface area contributed by atoms with Crippen LogP contribution in [0.3, 0.4) is 0 Å². The van der Waals surface area contributed by atoms with Crippen LogP contribution >= 0.6 is 0 Å². The average Bonchev–Trinajstić information content (AvgIpc) is 2.37. The Morgan fingerprint density at radius 2 is 1.62 bits per heavy atom. The third-order valence-corrected chi connectivity index (χ3v) is 6.59. The first kappa shape index (κ1) is 16.5.